The first kappa shape index (κ1) is 17.5. The lowest BCUT2D eigenvalue weighted by Crippen LogP contribution is -2.37. The van der Waals surface area contributed by atoms with E-state index >= 15 is 0 Å². The Morgan fingerprint density at radius 2 is 2.04 bits per heavy atom. The summed E-state index contributed by atoms with van der Waals surface area (Å²) in [6, 6.07) is 9.67. The Morgan fingerprint density at radius 3 is 2.70 bits per heavy atom. The molecule has 0 aliphatic carbocycles. The highest BCUT2D eigenvalue weighted by atomic mass is 16.5. The third-order valence-corrected chi connectivity index (χ3v) is 4.11. The Morgan fingerprint density at radius 1 is 1.26 bits per heavy atom. The van der Waals surface area contributed by atoms with E-state index in [4.69, 9.17) is 9.84 Å². The molecule has 0 spiro atoms. The molecule has 2 N–H and O–H groups in total. The maximum atomic E-state index is 12.1. The molecule has 0 saturated carbocycles. The largest absolute Gasteiger partial charge is 0.481 e. The minimum Gasteiger partial charge on any atom is -0.481 e. The summed E-state index contributed by atoms with van der Waals surface area (Å²) in [7, 11) is 0. The van der Waals surface area contributed by atoms with Gasteiger partial charge in [0.25, 0.3) is 0 Å². The molecule has 1 aromatic carbocycles. The minimum absolute atomic E-state index is 0.0215. The number of carboxylic acids is 1. The molecule has 5 heteroatoms. The van der Waals surface area contributed by atoms with Crippen LogP contribution in [-0.4, -0.2) is 35.7 Å². The first-order valence-electron chi connectivity index (χ1n) is 8.30. The van der Waals surface area contributed by atoms with E-state index in [9.17, 15) is 9.59 Å². The van der Waals surface area contributed by atoms with Gasteiger partial charge in [-0.1, -0.05) is 30.3 Å². The van der Waals surface area contributed by atoms with Crippen molar-refractivity contribution in [3.8, 4) is 0 Å². The van der Waals surface area contributed by atoms with E-state index in [2.05, 4.69) is 5.32 Å². The van der Waals surface area contributed by atoms with Crippen molar-refractivity contribution in [2.45, 2.75) is 57.1 Å². The van der Waals surface area contributed by atoms with Crippen LogP contribution in [0.1, 0.15) is 44.1 Å². The van der Waals surface area contributed by atoms with Crippen LogP contribution in [0.25, 0.3) is 0 Å². The van der Waals surface area contributed by atoms with Crippen molar-refractivity contribution in [1.29, 1.82) is 0 Å². The van der Waals surface area contributed by atoms with Gasteiger partial charge >= 0.3 is 5.97 Å². The van der Waals surface area contributed by atoms with Crippen LogP contribution in [-0.2, 0) is 20.7 Å². The van der Waals surface area contributed by atoms with Crippen LogP contribution in [0.4, 0.5) is 0 Å². The fourth-order valence-corrected chi connectivity index (χ4v) is 2.89. The molecule has 2 atom stereocenters. The van der Waals surface area contributed by atoms with Crippen LogP contribution in [0, 0.1) is 0 Å². The lowest BCUT2D eigenvalue weighted by Gasteiger charge is -2.19. The number of ether oxygens (including phenoxy) is 1. The molecule has 1 heterocycles. The molecular weight excluding hydrogens is 294 g/mol. The third kappa shape index (κ3) is 6.82. The molecule has 23 heavy (non-hydrogen) atoms. The molecule has 5 nitrogen and oxygen atoms in total. The van der Waals surface area contributed by atoms with E-state index in [1.807, 2.05) is 30.3 Å². The number of carboxylic acid groups (broad SMARTS) is 1. The van der Waals surface area contributed by atoms with Gasteiger partial charge in [-0.3, -0.25) is 9.59 Å². The smallest absolute Gasteiger partial charge is 0.303 e. The molecule has 1 aliphatic heterocycles. The molecule has 1 aromatic rings. The highest BCUT2D eigenvalue weighted by molar-refractivity contribution is 5.76. The quantitative estimate of drug-likeness (QED) is 0.733. The summed E-state index contributed by atoms with van der Waals surface area (Å²) < 4.78 is 5.53. The van der Waals surface area contributed by atoms with Gasteiger partial charge in [0.15, 0.2) is 0 Å². The van der Waals surface area contributed by atoms with Crippen LogP contribution < -0.4 is 5.32 Å². The molecule has 2 rings (SSSR count). The summed E-state index contributed by atoms with van der Waals surface area (Å²) in [5.41, 5.74) is 1.10. The zero-order chi connectivity index (χ0) is 16.5. The SMILES string of the molecule is O=C(O)CCC(Cc1ccccc1)NC(=O)CCC1CCCO1. The summed E-state index contributed by atoms with van der Waals surface area (Å²) in [6.07, 6.45) is 4.62. The van der Waals surface area contributed by atoms with E-state index < -0.39 is 5.97 Å². The first-order chi connectivity index (χ1) is 11.1. The Kier molecular flexibility index (Phi) is 7.07. The predicted molar refractivity (Wildman–Crippen MR) is 87.2 cm³/mol. The molecule has 1 aliphatic rings. The molecule has 0 radical (unpaired) electrons. The standard InChI is InChI=1S/C18H25NO4/c20-17(10-9-16-7-4-12-23-16)19-15(8-11-18(21)22)13-14-5-2-1-3-6-14/h1-3,5-6,15-16H,4,7-13H2,(H,19,20)(H,21,22). The summed E-state index contributed by atoms with van der Waals surface area (Å²) in [4.78, 5) is 22.9. The minimum atomic E-state index is -0.836. The Hall–Kier alpha value is -1.88. The van der Waals surface area contributed by atoms with Gasteiger partial charge in [0.1, 0.15) is 0 Å². The molecule has 126 valence electrons. The second-order valence-corrected chi connectivity index (χ2v) is 6.06. The zero-order valence-corrected chi connectivity index (χ0v) is 13.4. The van der Waals surface area contributed by atoms with Crippen molar-refractivity contribution in [1.82, 2.24) is 5.32 Å². The molecule has 1 fully saturated rings. The van der Waals surface area contributed by atoms with Crippen molar-refractivity contribution in [2.75, 3.05) is 6.61 Å². The van der Waals surface area contributed by atoms with Gasteiger partial charge in [-0.25, -0.2) is 0 Å². The maximum Gasteiger partial charge on any atom is 0.303 e. The maximum absolute atomic E-state index is 12.1. The molecular formula is C18H25NO4. The monoisotopic (exact) mass is 319 g/mol. The summed E-state index contributed by atoms with van der Waals surface area (Å²) in [5.74, 6) is -0.858. The number of aliphatic carboxylic acids is 1. The normalized spacial score (nSPS) is 18.5. The van der Waals surface area contributed by atoms with E-state index in [0.29, 0.717) is 19.3 Å². The van der Waals surface area contributed by atoms with Crippen LogP contribution in [0.5, 0.6) is 0 Å². The topological polar surface area (TPSA) is 75.6 Å². The highest BCUT2D eigenvalue weighted by Crippen LogP contribution is 2.17. The number of hydrogen-bond donors (Lipinski definition) is 2. The van der Waals surface area contributed by atoms with Gasteiger partial charge in [0, 0.05) is 25.5 Å². The molecule has 2 unspecified atom stereocenters. The first-order valence-corrected chi connectivity index (χ1v) is 8.30. The molecule has 0 aromatic heterocycles. The summed E-state index contributed by atoms with van der Waals surface area (Å²) >= 11 is 0. The van der Waals surface area contributed by atoms with Gasteiger partial charge in [-0.2, -0.15) is 0 Å². The van der Waals surface area contributed by atoms with Crippen LogP contribution in [0.3, 0.4) is 0 Å². The predicted octanol–water partition coefficient (Wildman–Crippen LogP) is 2.54. The molecule has 1 saturated heterocycles. The van der Waals surface area contributed by atoms with E-state index in [0.717, 1.165) is 31.4 Å². The van der Waals surface area contributed by atoms with Crippen LogP contribution in [0.2, 0.25) is 0 Å². The number of nitrogens with one attached hydrogen (secondary N) is 1. The van der Waals surface area contributed by atoms with E-state index in [-0.39, 0.29) is 24.5 Å². The fourth-order valence-electron chi connectivity index (χ4n) is 2.89. The zero-order valence-electron chi connectivity index (χ0n) is 13.4. The third-order valence-electron chi connectivity index (χ3n) is 4.11. The van der Waals surface area contributed by atoms with Crippen LogP contribution >= 0.6 is 0 Å². The van der Waals surface area contributed by atoms with Gasteiger partial charge in [-0.05, 0) is 37.7 Å². The lowest BCUT2D eigenvalue weighted by atomic mass is 10.0. The number of carbonyl (C=O) groups excluding carboxylic acids is 1. The average molecular weight is 319 g/mol. The lowest BCUT2D eigenvalue weighted by molar-refractivity contribution is -0.137. The Labute approximate surface area is 137 Å². The fraction of sp³-hybridized carbons (Fsp3) is 0.556. The van der Waals surface area contributed by atoms with Gasteiger partial charge < -0.3 is 15.2 Å². The average Bonchev–Trinajstić information content (AvgIpc) is 3.05. The number of rotatable bonds is 9. The van der Waals surface area contributed by atoms with Crippen molar-refractivity contribution in [3.05, 3.63) is 35.9 Å². The van der Waals surface area contributed by atoms with Crippen molar-refractivity contribution < 1.29 is 19.4 Å². The summed E-state index contributed by atoms with van der Waals surface area (Å²) in [5, 5.41) is 11.9. The van der Waals surface area contributed by atoms with E-state index in [1.54, 1.807) is 0 Å². The number of benzene rings is 1. The second kappa shape index (κ2) is 9.30. The number of amides is 1. The highest BCUT2D eigenvalue weighted by Gasteiger charge is 2.19. The number of hydrogen-bond acceptors (Lipinski definition) is 3. The van der Waals surface area contributed by atoms with Crippen molar-refractivity contribution >= 4 is 11.9 Å². The Bertz CT molecular complexity index is 497. The van der Waals surface area contributed by atoms with Gasteiger partial charge in [-0.15, -0.1) is 0 Å². The number of carbonyl (C=O) groups is 2. The van der Waals surface area contributed by atoms with Crippen molar-refractivity contribution in [3.63, 3.8) is 0 Å². The molecule has 1 amide bonds. The van der Waals surface area contributed by atoms with Crippen molar-refractivity contribution in [2.24, 2.45) is 0 Å². The van der Waals surface area contributed by atoms with E-state index in [1.165, 1.54) is 0 Å². The van der Waals surface area contributed by atoms with Gasteiger partial charge in [0.05, 0.1) is 6.10 Å². The van der Waals surface area contributed by atoms with Gasteiger partial charge in [0.2, 0.25) is 5.91 Å². The van der Waals surface area contributed by atoms with Crippen LogP contribution in [0.15, 0.2) is 30.3 Å². The summed E-state index contributed by atoms with van der Waals surface area (Å²) in [6.45, 7) is 0.793. The Balaban J connectivity index is 1.82. The second-order valence-electron chi connectivity index (χ2n) is 6.06. The molecule has 0 bridgehead atoms.